The van der Waals surface area contributed by atoms with Crippen molar-refractivity contribution in [1.82, 2.24) is 4.90 Å². The molecule has 1 heterocycles. The van der Waals surface area contributed by atoms with Gasteiger partial charge in [0.05, 0.1) is 12.0 Å². The molecule has 2 rings (SSSR count). The summed E-state index contributed by atoms with van der Waals surface area (Å²) in [7, 11) is 1.49. The highest BCUT2D eigenvalue weighted by Crippen LogP contribution is 2.36. The summed E-state index contributed by atoms with van der Waals surface area (Å²) in [6, 6.07) is 3.49. The third-order valence-electron chi connectivity index (χ3n) is 3.24. The number of nitrogens with zero attached hydrogens (tertiary/aromatic N) is 1. The first-order chi connectivity index (χ1) is 11.0. The van der Waals surface area contributed by atoms with Crippen LogP contribution in [0, 0.1) is 0 Å². The fourth-order valence-corrected chi connectivity index (χ4v) is 3.45. The van der Waals surface area contributed by atoms with Crippen LogP contribution >= 0.6 is 24.0 Å². The van der Waals surface area contributed by atoms with Gasteiger partial charge in [-0.25, -0.2) is 0 Å². The van der Waals surface area contributed by atoms with E-state index in [1.807, 2.05) is 0 Å². The van der Waals surface area contributed by atoms with Crippen molar-refractivity contribution < 1.29 is 14.6 Å². The highest BCUT2D eigenvalue weighted by molar-refractivity contribution is 8.26. The van der Waals surface area contributed by atoms with Crippen LogP contribution in [-0.2, 0) is 11.2 Å². The molecule has 0 atom stereocenters. The Balaban J connectivity index is 2.41. The summed E-state index contributed by atoms with van der Waals surface area (Å²) in [5.41, 5.74) is 1.45. The Hall–Kier alpha value is -2.05. The van der Waals surface area contributed by atoms with Crippen molar-refractivity contribution in [2.24, 2.45) is 0 Å². The molecule has 1 fully saturated rings. The molecule has 1 amide bonds. The minimum atomic E-state index is -0.141. The van der Waals surface area contributed by atoms with E-state index in [1.54, 1.807) is 30.4 Å². The average molecular weight is 347 g/mol. The number of phenols is 1. The molecule has 1 aliphatic heterocycles. The summed E-state index contributed by atoms with van der Waals surface area (Å²) in [5, 5.41) is 10.1. The highest BCUT2D eigenvalue weighted by Gasteiger charge is 2.31. The maximum Gasteiger partial charge on any atom is 0.266 e. The summed E-state index contributed by atoms with van der Waals surface area (Å²) in [4.78, 5) is 14.4. The van der Waals surface area contributed by atoms with Crippen molar-refractivity contribution >= 4 is 40.3 Å². The molecule has 0 aliphatic carbocycles. The summed E-state index contributed by atoms with van der Waals surface area (Å²) >= 11 is 6.47. The number of phenolic OH excluding ortho intramolecular Hbond substituents is 1. The van der Waals surface area contributed by atoms with E-state index >= 15 is 0 Å². The van der Waals surface area contributed by atoms with Gasteiger partial charge < -0.3 is 9.84 Å². The number of carbonyl (C=O) groups excluding carboxylic acids is 1. The minimum Gasteiger partial charge on any atom is -0.504 e. The van der Waals surface area contributed by atoms with Crippen LogP contribution in [0.25, 0.3) is 6.08 Å². The zero-order valence-corrected chi connectivity index (χ0v) is 14.4. The number of hydrogen-bond acceptors (Lipinski definition) is 5. The SMILES string of the molecule is C=CCc1cc(C=C2SC(=S)N(CC=C)C2=O)cc(OC)c1O. The number of rotatable bonds is 6. The normalized spacial score (nSPS) is 16.0. The first kappa shape index (κ1) is 17.3. The minimum absolute atomic E-state index is 0.0868. The van der Waals surface area contributed by atoms with E-state index in [-0.39, 0.29) is 11.7 Å². The quantitative estimate of drug-likeness (QED) is 0.485. The van der Waals surface area contributed by atoms with E-state index in [0.717, 1.165) is 5.56 Å². The molecule has 0 unspecified atom stereocenters. The lowest BCUT2D eigenvalue weighted by Crippen LogP contribution is -2.27. The zero-order chi connectivity index (χ0) is 17.0. The van der Waals surface area contributed by atoms with Crippen LogP contribution in [0.3, 0.4) is 0 Å². The van der Waals surface area contributed by atoms with E-state index in [0.29, 0.717) is 33.5 Å². The van der Waals surface area contributed by atoms with Crippen LogP contribution < -0.4 is 4.74 Å². The lowest BCUT2D eigenvalue weighted by atomic mass is 10.1. The molecule has 1 aromatic rings. The van der Waals surface area contributed by atoms with Crippen molar-refractivity contribution in [3.63, 3.8) is 0 Å². The van der Waals surface area contributed by atoms with Gasteiger partial charge in [-0.05, 0) is 30.2 Å². The number of ether oxygens (including phenoxy) is 1. The molecular formula is C17H17NO3S2. The van der Waals surface area contributed by atoms with Gasteiger partial charge in [0.1, 0.15) is 4.32 Å². The molecule has 1 saturated heterocycles. The molecule has 1 aromatic carbocycles. The number of methoxy groups -OCH3 is 1. The van der Waals surface area contributed by atoms with Crippen LogP contribution in [0.5, 0.6) is 11.5 Å². The molecule has 6 heteroatoms. The third kappa shape index (κ3) is 3.65. The van der Waals surface area contributed by atoms with Gasteiger partial charge in [0.25, 0.3) is 5.91 Å². The average Bonchev–Trinajstić information content (AvgIpc) is 2.78. The maximum absolute atomic E-state index is 12.3. The van der Waals surface area contributed by atoms with Crippen molar-refractivity contribution in [2.75, 3.05) is 13.7 Å². The van der Waals surface area contributed by atoms with E-state index in [4.69, 9.17) is 17.0 Å². The molecule has 0 bridgehead atoms. The molecule has 0 radical (unpaired) electrons. The van der Waals surface area contributed by atoms with E-state index < -0.39 is 0 Å². The van der Waals surface area contributed by atoms with Crippen molar-refractivity contribution in [1.29, 1.82) is 0 Å². The molecule has 1 aliphatic rings. The Labute approximate surface area is 145 Å². The largest absolute Gasteiger partial charge is 0.504 e. The Morgan fingerprint density at radius 2 is 2.13 bits per heavy atom. The number of allylic oxidation sites excluding steroid dienone is 1. The maximum atomic E-state index is 12.3. The van der Waals surface area contributed by atoms with E-state index in [9.17, 15) is 9.90 Å². The summed E-state index contributed by atoms with van der Waals surface area (Å²) in [6.07, 6.45) is 5.58. The monoisotopic (exact) mass is 347 g/mol. The van der Waals surface area contributed by atoms with Crippen LogP contribution in [0.4, 0.5) is 0 Å². The number of thiocarbonyl (C=S) groups is 1. The topological polar surface area (TPSA) is 49.8 Å². The number of amides is 1. The predicted octanol–water partition coefficient (Wildman–Crippen LogP) is 3.52. The van der Waals surface area contributed by atoms with Gasteiger partial charge in [0, 0.05) is 12.1 Å². The standard InChI is InChI=1S/C17H17NO3S2/c1-4-6-12-8-11(9-13(21-3)15(12)19)10-14-16(20)18(7-5-2)17(22)23-14/h4-5,8-10,19H,1-2,6-7H2,3H3. The second-order valence-electron chi connectivity index (χ2n) is 4.80. The van der Waals surface area contributed by atoms with Crippen molar-refractivity contribution in [3.8, 4) is 11.5 Å². The summed E-state index contributed by atoms with van der Waals surface area (Å²) in [5.74, 6) is 0.304. The third-order valence-corrected chi connectivity index (χ3v) is 4.62. The number of aromatic hydroxyl groups is 1. The lowest BCUT2D eigenvalue weighted by Gasteiger charge is -2.11. The summed E-state index contributed by atoms with van der Waals surface area (Å²) < 4.78 is 5.70. The molecule has 4 nitrogen and oxygen atoms in total. The van der Waals surface area contributed by atoms with Crippen LogP contribution in [0.2, 0.25) is 0 Å². The molecule has 0 aromatic heterocycles. The van der Waals surface area contributed by atoms with Gasteiger partial charge in [-0.3, -0.25) is 9.69 Å². The van der Waals surface area contributed by atoms with E-state index in [1.165, 1.54) is 23.8 Å². The van der Waals surface area contributed by atoms with Gasteiger partial charge in [0.2, 0.25) is 0 Å². The van der Waals surface area contributed by atoms with Gasteiger partial charge in [-0.15, -0.1) is 13.2 Å². The Kier molecular flexibility index (Phi) is 5.63. The van der Waals surface area contributed by atoms with E-state index in [2.05, 4.69) is 13.2 Å². The number of benzene rings is 1. The number of hydrogen-bond donors (Lipinski definition) is 1. The first-order valence-corrected chi connectivity index (χ1v) is 8.11. The second-order valence-corrected chi connectivity index (χ2v) is 6.48. The Morgan fingerprint density at radius 3 is 2.74 bits per heavy atom. The van der Waals surface area contributed by atoms with Crippen LogP contribution in [-0.4, -0.2) is 33.9 Å². The Morgan fingerprint density at radius 1 is 1.39 bits per heavy atom. The first-order valence-electron chi connectivity index (χ1n) is 6.88. The molecule has 23 heavy (non-hydrogen) atoms. The van der Waals surface area contributed by atoms with Crippen LogP contribution in [0.1, 0.15) is 11.1 Å². The number of carbonyl (C=O) groups is 1. The fraction of sp³-hybridized carbons (Fsp3) is 0.176. The smallest absolute Gasteiger partial charge is 0.266 e. The van der Waals surface area contributed by atoms with Crippen molar-refractivity contribution in [2.45, 2.75) is 6.42 Å². The zero-order valence-electron chi connectivity index (χ0n) is 12.7. The Bertz CT molecular complexity index is 710. The predicted molar refractivity (Wildman–Crippen MR) is 98.6 cm³/mol. The molecule has 120 valence electrons. The highest BCUT2D eigenvalue weighted by atomic mass is 32.2. The summed E-state index contributed by atoms with van der Waals surface area (Å²) in [6.45, 7) is 7.70. The molecule has 1 N–H and O–H groups in total. The van der Waals surface area contributed by atoms with Gasteiger partial charge in [0.15, 0.2) is 11.5 Å². The second kappa shape index (κ2) is 7.48. The van der Waals surface area contributed by atoms with Crippen molar-refractivity contribution in [3.05, 3.63) is 53.5 Å². The van der Waals surface area contributed by atoms with Gasteiger partial charge in [-0.2, -0.15) is 0 Å². The molecular weight excluding hydrogens is 330 g/mol. The fourth-order valence-electron chi connectivity index (χ4n) is 2.18. The molecule has 0 spiro atoms. The molecule has 0 saturated carbocycles. The lowest BCUT2D eigenvalue weighted by molar-refractivity contribution is -0.121. The van der Waals surface area contributed by atoms with Crippen LogP contribution in [0.15, 0.2) is 42.3 Å². The van der Waals surface area contributed by atoms with Gasteiger partial charge >= 0.3 is 0 Å². The van der Waals surface area contributed by atoms with Gasteiger partial charge in [-0.1, -0.05) is 36.1 Å². The number of thioether (sulfide) groups is 1.